The minimum absolute atomic E-state index is 0.255. The van der Waals surface area contributed by atoms with E-state index in [9.17, 15) is 0 Å². The number of rotatable bonds is 8. The van der Waals surface area contributed by atoms with E-state index in [1.165, 1.54) is 0 Å². The number of terminal acetylenes is 1. The van der Waals surface area contributed by atoms with Gasteiger partial charge < -0.3 is 10.5 Å². The van der Waals surface area contributed by atoms with Crippen LogP contribution in [-0.2, 0) is 4.74 Å². The van der Waals surface area contributed by atoms with Crippen molar-refractivity contribution >= 4 is 0 Å². The van der Waals surface area contributed by atoms with Crippen molar-refractivity contribution in [3.8, 4) is 12.3 Å². The molecule has 0 spiro atoms. The van der Waals surface area contributed by atoms with Gasteiger partial charge >= 0.3 is 0 Å². The summed E-state index contributed by atoms with van der Waals surface area (Å²) in [5.74, 6) is 2.61. The van der Waals surface area contributed by atoms with Crippen LogP contribution in [0.4, 0.5) is 0 Å². The van der Waals surface area contributed by atoms with Gasteiger partial charge in [-0.05, 0) is 25.7 Å². The van der Waals surface area contributed by atoms with E-state index >= 15 is 0 Å². The first-order valence-corrected chi connectivity index (χ1v) is 5.08. The molecule has 1 unspecified atom stereocenters. The molecule has 0 aromatic heterocycles. The Labute approximate surface area is 81.8 Å². The fourth-order valence-electron chi connectivity index (χ4n) is 1.09. The van der Waals surface area contributed by atoms with Gasteiger partial charge in [-0.15, -0.1) is 12.3 Å². The molecule has 2 N–H and O–H groups in total. The zero-order chi connectivity index (χ0) is 9.94. The van der Waals surface area contributed by atoms with E-state index in [0.717, 1.165) is 45.3 Å². The number of hydrogen-bond acceptors (Lipinski definition) is 2. The lowest BCUT2D eigenvalue weighted by molar-refractivity contribution is 0.127. The maximum absolute atomic E-state index is 5.85. The second-order valence-corrected chi connectivity index (χ2v) is 3.26. The topological polar surface area (TPSA) is 35.2 Å². The predicted octanol–water partition coefficient (Wildman–Crippen LogP) is 1.93. The smallest absolute Gasteiger partial charge is 0.0480 e. The summed E-state index contributed by atoms with van der Waals surface area (Å²) in [6.07, 6.45) is 10.0. The molecule has 0 aromatic carbocycles. The van der Waals surface area contributed by atoms with E-state index in [1.807, 2.05) is 0 Å². The Bertz CT molecular complexity index is 140. The summed E-state index contributed by atoms with van der Waals surface area (Å²) in [6, 6.07) is 0.255. The van der Waals surface area contributed by atoms with E-state index in [0.29, 0.717) is 0 Å². The fourth-order valence-corrected chi connectivity index (χ4v) is 1.09. The molecule has 0 amide bonds. The average molecular weight is 183 g/mol. The van der Waals surface area contributed by atoms with Gasteiger partial charge in [0.1, 0.15) is 0 Å². The maximum Gasteiger partial charge on any atom is 0.0480 e. The third kappa shape index (κ3) is 9.39. The summed E-state index contributed by atoms with van der Waals surface area (Å²) in [5, 5.41) is 0. The molecule has 0 heterocycles. The molecular formula is C11H21NO. The zero-order valence-electron chi connectivity index (χ0n) is 8.59. The van der Waals surface area contributed by atoms with Crippen molar-refractivity contribution in [1.29, 1.82) is 0 Å². The fraction of sp³-hybridized carbons (Fsp3) is 0.818. The van der Waals surface area contributed by atoms with Gasteiger partial charge in [-0.25, -0.2) is 0 Å². The SMILES string of the molecule is C#CCCCC(N)CCOCCC. The Balaban J connectivity index is 3.11. The molecule has 0 aromatic rings. The van der Waals surface area contributed by atoms with Gasteiger partial charge in [-0.3, -0.25) is 0 Å². The van der Waals surface area contributed by atoms with Gasteiger partial charge in [0, 0.05) is 25.7 Å². The first kappa shape index (κ1) is 12.5. The Morgan fingerprint density at radius 1 is 1.38 bits per heavy atom. The van der Waals surface area contributed by atoms with Crippen molar-refractivity contribution in [2.24, 2.45) is 5.73 Å². The van der Waals surface area contributed by atoms with E-state index < -0.39 is 0 Å². The van der Waals surface area contributed by atoms with Crippen molar-refractivity contribution in [3.05, 3.63) is 0 Å². The van der Waals surface area contributed by atoms with Crippen LogP contribution in [0.1, 0.15) is 39.0 Å². The summed E-state index contributed by atoms with van der Waals surface area (Å²) in [5.41, 5.74) is 5.85. The quantitative estimate of drug-likeness (QED) is 0.461. The molecule has 0 radical (unpaired) electrons. The zero-order valence-corrected chi connectivity index (χ0v) is 8.59. The number of ether oxygens (including phenoxy) is 1. The van der Waals surface area contributed by atoms with Crippen molar-refractivity contribution in [1.82, 2.24) is 0 Å². The van der Waals surface area contributed by atoms with Gasteiger partial charge in [-0.2, -0.15) is 0 Å². The maximum atomic E-state index is 5.85. The molecule has 0 saturated heterocycles. The predicted molar refractivity (Wildman–Crippen MR) is 56.4 cm³/mol. The van der Waals surface area contributed by atoms with Crippen molar-refractivity contribution in [2.45, 2.75) is 45.1 Å². The van der Waals surface area contributed by atoms with Crippen molar-refractivity contribution in [2.75, 3.05) is 13.2 Å². The molecule has 2 nitrogen and oxygen atoms in total. The molecular weight excluding hydrogens is 162 g/mol. The molecule has 0 aliphatic carbocycles. The van der Waals surface area contributed by atoms with Crippen molar-refractivity contribution < 1.29 is 4.74 Å². The van der Waals surface area contributed by atoms with E-state index in [4.69, 9.17) is 16.9 Å². The minimum atomic E-state index is 0.255. The molecule has 0 rings (SSSR count). The lowest BCUT2D eigenvalue weighted by Gasteiger charge is -2.10. The molecule has 13 heavy (non-hydrogen) atoms. The molecule has 0 saturated carbocycles. The van der Waals surface area contributed by atoms with Gasteiger partial charge in [0.05, 0.1) is 0 Å². The van der Waals surface area contributed by atoms with Crippen LogP contribution in [0.2, 0.25) is 0 Å². The standard InChI is InChI=1S/C11H21NO/c1-3-5-6-7-11(12)8-10-13-9-4-2/h1,11H,4-10,12H2,2H3. The van der Waals surface area contributed by atoms with E-state index in [1.54, 1.807) is 0 Å². The number of nitrogens with two attached hydrogens (primary N) is 1. The van der Waals surface area contributed by atoms with Crippen LogP contribution in [-0.4, -0.2) is 19.3 Å². The molecule has 2 heteroatoms. The minimum Gasteiger partial charge on any atom is -0.381 e. The normalized spacial score (nSPS) is 12.4. The first-order chi connectivity index (χ1) is 6.31. The Morgan fingerprint density at radius 3 is 2.77 bits per heavy atom. The largest absolute Gasteiger partial charge is 0.381 e. The molecule has 0 aliphatic heterocycles. The monoisotopic (exact) mass is 183 g/mol. The molecule has 1 atom stereocenters. The Morgan fingerprint density at radius 2 is 2.15 bits per heavy atom. The van der Waals surface area contributed by atoms with Crippen molar-refractivity contribution in [3.63, 3.8) is 0 Å². The number of hydrogen-bond donors (Lipinski definition) is 1. The second-order valence-electron chi connectivity index (χ2n) is 3.26. The van der Waals surface area contributed by atoms with Gasteiger partial charge in [0.2, 0.25) is 0 Å². The Hall–Kier alpha value is -0.520. The second kappa shape index (κ2) is 9.57. The lowest BCUT2D eigenvalue weighted by atomic mass is 10.1. The van der Waals surface area contributed by atoms with Crippen LogP contribution >= 0.6 is 0 Å². The van der Waals surface area contributed by atoms with Crippen LogP contribution in [0.15, 0.2) is 0 Å². The summed E-state index contributed by atoms with van der Waals surface area (Å²) < 4.78 is 5.34. The summed E-state index contributed by atoms with van der Waals surface area (Å²) in [7, 11) is 0. The van der Waals surface area contributed by atoms with E-state index in [2.05, 4.69) is 12.8 Å². The Kier molecular flexibility index (Phi) is 9.18. The third-order valence-corrected chi connectivity index (χ3v) is 1.88. The molecule has 0 bridgehead atoms. The van der Waals surface area contributed by atoms with Crippen LogP contribution in [0.3, 0.4) is 0 Å². The van der Waals surface area contributed by atoms with E-state index in [-0.39, 0.29) is 6.04 Å². The lowest BCUT2D eigenvalue weighted by Crippen LogP contribution is -2.21. The van der Waals surface area contributed by atoms with Crippen LogP contribution in [0, 0.1) is 12.3 Å². The summed E-state index contributed by atoms with van der Waals surface area (Å²) in [4.78, 5) is 0. The average Bonchev–Trinajstić information content (AvgIpc) is 2.13. The highest BCUT2D eigenvalue weighted by molar-refractivity contribution is 4.83. The van der Waals surface area contributed by atoms with Gasteiger partial charge in [0.15, 0.2) is 0 Å². The van der Waals surface area contributed by atoms with Crippen LogP contribution < -0.4 is 5.73 Å². The third-order valence-electron chi connectivity index (χ3n) is 1.88. The van der Waals surface area contributed by atoms with Gasteiger partial charge in [-0.1, -0.05) is 6.92 Å². The highest BCUT2D eigenvalue weighted by Gasteiger charge is 2.00. The highest BCUT2D eigenvalue weighted by atomic mass is 16.5. The summed E-state index contributed by atoms with van der Waals surface area (Å²) in [6.45, 7) is 3.73. The molecule has 76 valence electrons. The molecule has 0 fully saturated rings. The number of unbranched alkanes of at least 4 members (excludes halogenated alkanes) is 1. The van der Waals surface area contributed by atoms with Crippen LogP contribution in [0.25, 0.3) is 0 Å². The van der Waals surface area contributed by atoms with Crippen LogP contribution in [0.5, 0.6) is 0 Å². The highest BCUT2D eigenvalue weighted by Crippen LogP contribution is 2.01. The first-order valence-electron chi connectivity index (χ1n) is 5.08. The summed E-state index contributed by atoms with van der Waals surface area (Å²) >= 11 is 0. The molecule has 0 aliphatic rings. The van der Waals surface area contributed by atoms with Gasteiger partial charge in [0.25, 0.3) is 0 Å².